The van der Waals surface area contributed by atoms with Crippen LogP contribution in [0.4, 0.5) is 4.79 Å². The van der Waals surface area contributed by atoms with Gasteiger partial charge in [0.2, 0.25) is 0 Å². The third-order valence-corrected chi connectivity index (χ3v) is 3.37. The van der Waals surface area contributed by atoms with Gasteiger partial charge in [0.1, 0.15) is 6.61 Å². The van der Waals surface area contributed by atoms with Gasteiger partial charge in [-0.2, -0.15) is 0 Å². The molecule has 120 valence electrons. The van der Waals surface area contributed by atoms with Crippen molar-refractivity contribution in [3.63, 3.8) is 0 Å². The second-order valence-electron chi connectivity index (χ2n) is 4.71. The molecular formula is C17H16ClNO4. The van der Waals surface area contributed by atoms with Crippen LogP contribution in [0.15, 0.2) is 54.6 Å². The second kappa shape index (κ2) is 8.19. The average Bonchev–Trinajstić information content (AvgIpc) is 2.59. The van der Waals surface area contributed by atoms with Crippen molar-refractivity contribution < 1.29 is 19.1 Å². The van der Waals surface area contributed by atoms with Crippen molar-refractivity contribution in [2.45, 2.75) is 12.6 Å². The molecule has 0 aliphatic rings. The number of esters is 1. The van der Waals surface area contributed by atoms with Gasteiger partial charge in [-0.1, -0.05) is 54.1 Å². The summed E-state index contributed by atoms with van der Waals surface area (Å²) in [6.45, 7) is 0.112. The highest BCUT2D eigenvalue weighted by Gasteiger charge is 2.24. The van der Waals surface area contributed by atoms with Crippen LogP contribution >= 0.6 is 11.6 Å². The molecule has 2 aromatic carbocycles. The van der Waals surface area contributed by atoms with E-state index in [0.29, 0.717) is 10.6 Å². The first-order valence-corrected chi connectivity index (χ1v) is 7.28. The Hall–Kier alpha value is -2.53. The molecule has 0 radical (unpaired) electrons. The summed E-state index contributed by atoms with van der Waals surface area (Å²) in [5.41, 5.74) is 1.40. The minimum Gasteiger partial charge on any atom is -0.467 e. The maximum Gasteiger partial charge on any atom is 0.408 e. The van der Waals surface area contributed by atoms with Gasteiger partial charge in [-0.15, -0.1) is 0 Å². The number of amides is 1. The smallest absolute Gasteiger partial charge is 0.408 e. The summed E-state index contributed by atoms with van der Waals surface area (Å²) in [4.78, 5) is 23.8. The lowest BCUT2D eigenvalue weighted by Crippen LogP contribution is -2.34. The van der Waals surface area contributed by atoms with Gasteiger partial charge < -0.3 is 14.8 Å². The zero-order valence-electron chi connectivity index (χ0n) is 12.5. The van der Waals surface area contributed by atoms with E-state index < -0.39 is 18.1 Å². The number of benzene rings is 2. The zero-order valence-corrected chi connectivity index (χ0v) is 13.2. The first-order chi connectivity index (χ1) is 11.1. The van der Waals surface area contributed by atoms with Crippen molar-refractivity contribution in [1.82, 2.24) is 5.32 Å². The Morgan fingerprint density at radius 1 is 1.09 bits per heavy atom. The van der Waals surface area contributed by atoms with E-state index in [0.717, 1.165) is 5.56 Å². The zero-order chi connectivity index (χ0) is 16.7. The molecule has 23 heavy (non-hydrogen) atoms. The lowest BCUT2D eigenvalue weighted by atomic mass is 10.1. The molecule has 0 saturated carbocycles. The maximum atomic E-state index is 11.9. The Balaban J connectivity index is 2.01. The first kappa shape index (κ1) is 16.8. The Morgan fingerprint density at radius 2 is 1.74 bits per heavy atom. The van der Waals surface area contributed by atoms with Crippen molar-refractivity contribution in [3.8, 4) is 0 Å². The number of hydrogen-bond acceptors (Lipinski definition) is 4. The molecule has 0 saturated heterocycles. The van der Waals surface area contributed by atoms with E-state index in [1.54, 1.807) is 24.3 Å². The molecule has 6 heteroatoms. The van der Waals surface area contributed by atoms with E-state index in [9.17, 15) is 9.59 Å². The minimum atomic E-state index is -0.958. The number of rotatable bonds is 5. The van der Waals surface area contributed by atoms with Crippen LogP contribution in [0.2, 0.25) is 5.02 Å². The molecule has 0 bridgehead atoms. The lowest BCUT2D eigenvalue weighted by molar-refractivity contribution is -0.143. The van der Waals surface area contributed by atoms with E-state index in [4.69, 9.17) is 21.1 Å². The van der Waals surface area contributed by atoms with E-state index in [1.165, 1.54) is 7.11 Å². The van der Waals surface area contributed by atoms with Gasteiger partial charge in [-0.3, -0.25) is 0 Å². The van der Waals surface area contributed by atoms with Gasteiger partial charge in [0.25, 0.3) is 0 Å². The molecule has 1 N–H and O–H groups in total. The topological polar surface area (TPSA) is 64.6 Å². The fourth-order valence-electron chi connectivity index (χ4n) is 1.93. The Morgan fingerprint density at radius 3 is 2.35 bits per heavy atom. The minimum absolute atomic E-state index is 0.112. The van der Waals surface area contributed by atoms with Crippen molar-refractivity contribution in [1.29, 1.82) is 0 Å². The third kappa shape index (κ3) is 5.00. The van der Waals surface area contributed by atoms with E-state index in [1.807, 2.05) is 30.3 Å². The lowest BCUT2D eigenvalue weighted by Gasteiger charge is -2.17. The highest BCUT2D eigenvalue weighted by molar-refractivity contribution is 6.30. The summed E-state index contributed by atoms with van der Waals surface area (Å²) in [5.74, 6) is -0.594. The summed E-state index contributed by atoms with van der Waals surface area (Å²) in [7, 11) is 1.25. The maximum absolute atomic E-state index is 11.9. The van der Waals surface area contributed by atoms with Gasteiger partial charge >= 0.3 is 12.1 Å². The van der Waals surface area contributed by atoms with E-state index in [2.05, 4.69) is 5.32 Å². The summed E-state index contributed by atoms with van der Waals surface area (Å²) >= 11 is 5.82. The van der Waals surface area contributed by atoms with Crippen LogP contribution in [0.1, 0.15) is 17.2 Å². The van der Waals surface area contributed by atoms with Crippen LogP contribution in [-0.2, 0) is 20.9 Å². The average molecular weight is 334 g/mol. The standard InChI is InChI=1S/C17H16ClNO4/c1-22-16(20)15(13-7-9-14(18)10-8-13)19-17(21)23-11-12-5-3-2-4-6-12/h2-10,15H,11H2,1H3,(H,19,21)/t15-/m0/s1. The van der Waals surface area contributed by atoms with Crippen LogP contribution in [0.5, 0.6) is 0 Å². The molecule has 0 heterocycles. The molecule has 0 aliphatic heterocycles. The van der Waals surface area contributed by atoms with E-state index >= 15 is 0 Å². The predicted molar refractivity (Wildman–Crippen MR) is 86.0 cm³/mol. The highest BCUT2D eigenvalue weighted by Crippen LogP contribution is 2.18. The van der Waals surface area contributed by atoms with Gasteiger partial charge in [0.05, 0.1) is 7.11 Å². The molecule has 2 aromatic rings. The fourth-order valence-corrected chi connectivity index (χ4v) is 2.06. The van der Waals surface area contributed by atoms with Crippen LogP contribution < -0.4 is 5.32 Å². The summed E-state index contributed by atoms with van der Waals surface area (Å²) in [6, 6.07) is 14.8. The van der Waals surface area contributed by atoms with Crippen LogP contribution in [0, 0.1) is 0 Å². The van der Waals surface area contributed by atoms with Gasteiger partial charge in [-0.05, 0) is 23.3 Å². The molecule has 0 unspecified atom stereocenters. The van der Waals surface area contributed by atoms with Gasteiger partial charge in [-0.25, -0.2) is 9.59 Å². The summed E-state index contributed by atoms with van der Waals surface area (Å²) < 4.78 is 9.83. The van der Waals surface area contributed by atoms with E-state index in [-0.39, 0.29) is 6.61 Å². The number of carbonyl (C=O) groups excluding carboxylic acids is 2. The number of methoxy groups -OCH3 is 1. The number of carbonyl (C=O) groups is 2. The van der Waals surface area contributed by atoms with Crippen LogP contribution in [-0.4, -0.2) is 19.2 Å². The number of alkyl carbamates (subject to hydrolysis) is 1. The number of hydrogen-bond donors (Lipinski definition) is 1. The quantitative estimate of drug-likeness (QED) is 0.851. The van der Waals surface area contributed by atoms with Crippen molar-refractivity contribution in [2.75, 3.05) is 7.11 Å². The predicted octanol–water partition coefficient (Wildman–Crippen LogP) is 3.48. The van der Waals surface area contributed by atoms with Crippen molar-refractivity contribution >= 4 is 23.7 Å². The van der Waals surface area contributed by atoms with Gasteiger partial charge in [0, 0.05) is 5.02 Å². The SMILES string of the molecule is COC(=O)[C@@H](NC(=O)OCc1ccccc1)c1ccc(Cl)cc1. The number of ether oxygens (including phenoxy) is 2. The van der Waals surface area contributed by atoms with Crippen LogP contribution in [0.3, 0.4) is 0 Å². The van der Waals surface area contributed by atoms with Crippen molar-refractivity contribution in [2.24, 2.45) is 0 Å². The normalized spacial score (nSPS) is 11.4. The molecule has 0 aromatic heterocycles. The monoisotopic (exact) mass is 333 g/mol. The largest absolute Gasteiger partial charge is 0.467 e. The Bertz CT molecular complexity index is 658. The molecule has 0 aliphatic carbocycles. The van der Waals surface area contributed by atoms with Crippen molar-refractivity contribution in [3.05, 3.63) is 70.7 Å². The second-order valence-corrected chi connectivity index (χ2v) is 5.15. The number of halogens is 1. The molecule has 5 nitrogen and oxygen atoms in total. The molecule has 0 fully saturated rings. The molecular weight excluding hydrogens is 318 g/mol. The highest BCUT2D eigenvalue weighted by atomic mass is 35.5. The Labute approximate surface area is 139 Å². The fraction of sp³-hybridized carbons (Fsp3) is 0.176. The number of nitrogens with one attached hydrogen (secondary N) is 1. The molecule has 2 rings (SSSR count). The van der Waals surface area contributed by atoms with Crippen LogP contribution in [0.25, 0.3) is 0 Å². The molecule has 1 amide bonds. The van der Waals surface area contributed by atoms with Gasteiger partial charge in [0.15, 0.2) is 6.04 Å². The summed E-state index contributed by atoms with van der Waals surface area (Å²) in [6.07, 6.45) is -0.709. The Kier molecular flexibility index (Phi) is 6.00. The first-order valence-electron chi connectivity index (χ1n) is 6.90. The summed E-state index contributed by atoms with van der Waals surface area (Å²) in [5, 5.41) is 3.03. The third-order valence-electron chi connectivity index (χ3n) is 3.12. The molecule has 0 spiro atoms. The molecule has 1 atom stereocenters.